The minimum atomic E-state index is -0.933. The average molecular weight is 394 g/mol. The maximum absolute atomic E-state index is 12.2. The molecule has 0 aromatic carbocycles. The Kier molecular flexibility index (Phi) is 16.7. The molecular formula is C17H35NO7Si. The van der Waals surface area contributed by atoms with E-state index in [0.717, 1.165) is 25.7 Å². The highest BCUT2D eigenvalue weighted by atomic mass is 28.2. The van der Waals surface area contributed by atoms with Crippen LogP contribution in [-0.2, 0) is 33.0 Å². The number of rotatable bonds is 17. The van der Waals surface area contributed by atoms with Crippen LogP contribution in [0, 0.1) is 0 Å². The number of hydrogen-bond donors (Lipinski definition) is 1. The van der Waals surface area contributed by atoms with Gasteiger partial charge >= 0.3 is 11.9 Å². The van der Waals surface area contributed by atoms with Gasteiger partial charge in [0.05, 0.1) is 26.2 Å². The number of esters is 2. The molecule has 0 aromatic rings. The summed E-state index contributed by atoms with van der Waals surface area (Å²) in [6.45, 7) is 5.11. The second kappa shape index (κ2) is 17.4. The van der Waals surface area contributed by atoms with Crippen molar-refractivity contribution in [3.05, 3.63) is 0 Å². The lowest BCUT2D eigenvalue weighted by Crippen LogP contribution is -2.42. The number of nitrogens with one attached hydrogen (secondary N) is 1. The third-order valence-electron chi connectivity index (χ3n) is 3.58. The fourth-order valence-corrected chi connectivity index (χ4v) is 2.90. The van der Waals surface area contributed by atoms with E-state index in [4.69, 9.17) is 23.4 Å². The second-order valence-electron chi connectivity index (χ2n) is 5.78. The van der Waals surface area contributed by atoms with E-state index in [0.29, 0.717) is 26.0 Å². The molecule has 0 heterocycles. The standard InChI is InChI=1S/C17H35NO7Si/c1-5-7-9-23-15(19)11-14(17(20)24-10-8-6-2)18-13-26-25-12-16(21-3)22-4/h14,16,18H,5-13,26H2,1-4H3. The highest BCUT2D eigenvalue weighted by Gasteiger charge is 2.23. The summed E-state index contributed by atoms with van der Waals surface area (Å²) in [5, 5.41) is 3.06. The highest BCUT2D eigenvalue weighted by Crippen LogP contribution is 2.01. The summed E-state index contributed by atoms with van der Waals surface area (Å²) < 4.78 is 26.0. The second-order valence-corrected chi connectivity index (χ2v) is 7.10. The molecule has 154 valence electrons. The highest BCUT2D eigenvalue weighted by molar-refractivity contribution is 6.27. The molecule has 0 radical (unpaired) electrons. The zero-order chi connectivity index (χ0) is 19.6. The lowest BCUT2D eigenvalue weighted by atomic mass is 10.2. The lowest BCUT2D eigenvalue weighted by Gasteiger charge is -2.18. The molecule has 0 amide bonds. The summed E-state index contributed by atoms with van der Waals surface area (Å²) in [5.74, 6) is -0.823. The van der Waals surface area contributed by atoms with Gasteiger partial charge in [-0.3, -0.25) is 9.59 Å². The van der Waals surface area contributed by atoms with Gasteiger partial charge < -0.3 is 28.7 Å². The summed E-state index contributed by atoms with van der Waals surface area (Å²) in [6, 6.07) is -0.710. The van der Waals surface area contributed by atoms with Crippen LogP contribution < -0.4 is 5.32 Å². The summed E-state index contributed by atoms with van der Waals surface area (Å²) >= 11 is 0. The third-order valence-corrected chi connectivity index (χ3v) is 4.59. The first-order chi connectivity index (χ1) is 12.6. The molecule has 0 aromatic heterocycles. The van der Waals surface area contributed by atoms with Crippen molar-refractivity contribution < 1.29 is 33.0 Å². The Morgan fingerprint density at radius 3 is 2.19 bits per heavy atom. The van der Waals surface area contributed by atoms with Crippen LogP contribution in [0.15, 0.2) is 0 Å². The van der Waals surface area contributed by atoms with E-state index < -0.39 is 34.0 Å². The molecule has 1 N–H and O–H groups in total. The molecule has 0 saturated carbocycles. The Balaban J connectivity index is 4.30. The fraction of sp³-hybridized carbons (Fsp3) is 0.882. The summed E-state index contributed by atoms with van der Waals surface area (Å²) in [4.78, 5) is 24.1. The molecule has 0 aliphatic carbocycles. The summed E-state index contributed by atoms with van der Waals surface area (Å²) in [7, 11) is 2.16. The van der Waals surface area contributed by atoms with Crippen molar-refractivity contribution in [2.24, 2.45) is 0 Å². The number of unbranched alkanes of at least 4 members (excludes halogenated alkanes) is 2. The molecule has 0 bridgehead atoms. The number of hydrogen-bond acceptors (Lipinski definition) is 8. The Hall–Kier alpha value is -1.00. The van der Waals surface area contributed by atoms with Crippen molar-refractivity contribution in [3.8, 4) is 0 Å². The van der Waals surface area contributed by atoms with Gasteiger partial charge in [-0.25, -0.2) is 0 Å². The van der Waals surface area contributed by atoms with Gasteiger partial charge in [-0.2, -0.15) is 0 Å². The topological polar surface area (TPSA) is 92.3 Å². The molecule has 0 aliphatic rings. The van der Waals surface area contributed by atoms with Crippen molar-refractivity contribution in [3.63, 3.8) is 0 Å². The number of carbonyl (C=O) groups is 2. The van der Waals surface area contributed by atoms with Crippen LogP contribution in [0.1, 0.15) is 46.0 Å². The molecule has 26 heavy (non-hydrogen) atoms. The Morgan fingerprint density at radius 2 is 1.62 bits per heavy atom. The summed E-state index contributed by atoms with van der Waals surface area (Å²) in [5.41, 5.74) is 0. The first-order valence-corrected chi connectivity index (χ1v) is 10.9. The van der Waals surface area contributed by atoms with Crippen molar-refractivity contribution >= 4 is 21.7 Å². The van der Waals surface area contributed by atoms with Crippen LogP contribution in [0.25, 0.3) is 0 Å². The molecular weight excluding hydrogens is 358 g/mol. The van der Waals surface area contributed by atoms with E-state index >= 15 is 0 Å². The van der Waals surface area contributed by atoms with Gasteiger partial charge in [0.15, 0.2) is 16.1 Å². The third kappa shape index (κ3) is 13.2. The molecule has 8 nitrogen and oxygen atoms in total. The van der Waals surface area contributed by atoms with Crippen LogP contribution in [0.4, 0.5) is 0 Å². The van der Waals surface area contributed by atoms with Gasteiger partial charge in [0, 0.05) is 20.4 Å². The predicted octanol–water partition coefficient (Wildman–Crippen LogP) is 0.698. The van der Waals surface area contributed by atoms with Crippen molar-refractivity contribution in [1.29, 1.82) is 0 Å². The SMILES string of the molecule is CCCCOC(=O)CC(NC[SiH2]OCC(OC)OC)C(=O)OCCCC. The molecule has 1 atom stereocenters. The van der Waals surface area contributed by atoms with E-state index in [1.807, 2.05) is 13.8 Å². The zero-order valence-corrected chi connectivity index (χ0v) is 18.0. The zero-order valence-electron chi connectivity index (χ0n) is 16.6. The van der Waals surface area contributed by atoms with Crippen LogP contribution in [-0.4, -0.2) is 74.2 Å². The van der Waals surface area contributed by atoms with Gasteiger partial charge in [0.2, 0.25) is 0 Å². The number of ether oxygens (including phenoxy) is 4. The molecule has 0 spiro atoms. The van der Waals surface area contributed by atoms with Crippen molar-refractivity contribution in [1.82, 2.24) is 5.32 Å². The smallest absolute Gasteiger partial charge is 0.323 e. The van der Waals surface area contributed by atoms with Crippen molar-refractivity contribution in [2.45, 2.75) is 58.3 Å². The quantitative estimate of drug-likeness (QED) is 0.167. The van der Waals surface area contributed by atoms with Crippen LogP contribution in [0.2, 0.25) is 0 Å². The lowest BCUT2D eigenvalue weighted by molar-refractivity contribution is -0.152. The van der Waals surface area contributed by atoms with Gasteiger partial charge in [0.1, 0.15) is 6.04 Å². The van der Waals surface area contributed by atoms with Gasteiger partial charge in [-0.05, 0) is 12.8 Å². The van der Waals surface area contributed by atoms with Crippen LogP contribution in [0.5, 0.6) is 0 Å². The fourth-order valence-electron chi connectivity index (χ4n) is 1.93. The van der Waals surface area contributed by atoms with Gasteiger partial charge in [0.25, 0.3) is 0 Å². The minimum Gasteiger partial charge on any atom is -0.466 e. The van der Waals surface area contributed by atoms with Crippen LogP contribution in [0.3, 0.4) is 0 Å². The number of methoxy groups -OCH3 is 2. The largest absolute Gasteiger partial charge is 0.466 e. The van der Waals surface area contributed by atoms with E-state index in [-0.39, 0.29) is 6.42 Å². The van der Waals surface area contributed by atoms with Gasteiger partial charge in [-0.15, -0.1) is 0 Å². The molecule has 1 unspecified atom stereocenters. The monoisotopic (exact) mass is 393 g/mol. The van der Waals surface area contributed by atoms with E-state index in [1.54, 1.807) is 14.2 Å². The average Bonchev–Trinajstić information content (AvgIpc) is 2.64. The van der Waals surface area contributed by atoms with E-state index in [9.17, 15) is 9.59 Å². The Morgan fingerprint density at radius 1 is 1.00 bits per heavy atom. The van der Waals surface area contributed by atoms with Gasteiger partial charge in [-0.1, -0.05) is 26.7 Å². The Labute approximate surface area is 159 Å². The summed E-state index contributed by atoms with van der Waals surface area (Å²) in [6.07, 6.45) is 3.58. The molecule has 0 saturated heterocycles. The Bertz CT molecular complexity index is 367. The van der Waals surface area contributed by atoms with Crippen LogP contribution >= 0.6 is 0 Å². The minimum absolute atomic E-state index is 0.0398. The normalized spacial score (nSPS) is 12.7. The first kappa shape index (κ1) is 25.0. The molecule has 0 rings (SSSR count). The van der Waals surface area contributed by atoms with Crippen molar-refractivity contribution in [2.75, 3.05) is 40.2 Å². The molecule has 0 aliphatic heterocycles. The van der Waals surface area contributed by atoms with E-state index in [2.05, 4.69) is 5.32 Å². The maximum Gasteiger partial charge on any atom is 0.323 e. The molecule has 0 fully saturated rings. The number of carbonyl (C=O) groups excluding carboxylic acids is 2. The predicted molar refractivity (Wildman–Crippen MR) is 100 cm³/mol. The first-order valence-electron chi connectivity index (χ1n) is 9.27. The maximum atomic E-state index is 12.2. The molecule has 9 heteroatoms. The van der Waals surface area contributed by atoms with E-state index in [1.165, 1.54) is 0 Å².